The first-order chi connectivity index (χ1) is 7.11. The number of ether oxygens (including phenoxy) is 1. The minimum Gasteiger partial charge on any atom is -0.465 e. The molecular formula is C11H12BrNO2. The van der Waals surface area contributed by atoms with Gasteiger partial charge in [-0.25, -0.2) is 4.79 Å². The van der Waals surface area contributed by atoms with Crippen molar-refractivity contribution < 1.29 is 9.53 Å². The van der Waals surface area contributed by atoms with Crippen LogP contribution in [0.5, 0.6) is 0 Å². The molecule has 1 atom stereocenters. The Kier molecular flexibility index (Phi) is 2.69. The molecule has 1 aliphatic heterocycles. The number of carbonyl (C=O) groups is 1. The SMILES string of the molecule is COC(=O)c1cc(Br)c2c(c1)C[C@H](C)N2. The van der Waals surface area contributed by atoms with Crippen molar-refractivity contribution in [1.29, 1.82) is 0 Å². The van der Waals surface area contributed by atoms with Gasteiger partial charge in [-0.05, 0) is 47.0 Å². The molecule has 0 radical (unpaired) electrons. The second-order valence-electron chi connectivity index (χ2n) is 3.73. The van der Waals surface area contributed by atoms with E-state index in [4.69, 9.17) is 4.74 Å². The molecule has 80 valence electrons. The van der Waals surface area contributed by atoms with Crippen LogP contribution in [-0.2, 0) is 11.2 Å². The Morgan fingerprint density at radius 1 is 1.60 bits per heavy atom. The molecule has 0 saturated carbocycles. The highest BCUT2D eigenvalue weighted by atomic mass is 79.9. The summed E-state index contributed by atoms with van der Waals surface area (Å²) in [4.78, 5) is 11.4. The Hall–Kier alpha value is -1.03. The highest BCUT2D eigenvalue weighted by Gasteiger charge is 2.21. The van der Waals surface area contributed by atoms with Crippen molar-refractivity contribution in [1.82, 2.24) is 0 Å². The van der Waals surface area contributed by atoms with E-state index in [0.717, 1.165) is 22.1 Å². The van der Waals surface area contributed by atoms with Crippen molar-refractivity contribution in [3.63, 3.8) is 0 Å². The van der Waals surface area contributed by atoms with E-state index in [9.17, 15) is 4.79 Å². The standard InChI is InChI=1S/C11H12BrNO2/c1-6-3-7-4-8(11(14)15-2)5-9(12)10(7)13-6/h4-6,13H,3H2,1-2H3/t6-/m0/s1. The Morgan fingerprint density at radius 2 is 2.33 bits per heavy atom. The third-order valence-electron chi connectivity index (χ3n) is 2.51. The lowest BCUT2D eigenvalue weighted by atomic mass is 10.1. The van der Waals surface area contributed by atoms with Gasteiger partial charge in [-0.2, -0.15) is 0 Å². The molecule has 1 N–H and O–H groups in total. The van der Waals surface area contributed by atoms with Gasteiger partial charge in [-0.3, -0.25) is 0 Å². The quantitative estimate of drug-likeness (QED) is 0.797. The zero-order valence-electron chi connectivity index (χ0n) is 8.63. The lowest BCUT2D eigenvalue weighted by Gasteiger charge is -2.06. The fourth-order valence-corrected chi connectivity index (χ4v) is 2.46. The molecule has 0 saturated heterocycles. The molecule has 2 rings (SSSR count). The summed E-state index contributed by atoms with van der Waals surface area (Å²) in [5, 5.41) is 3.35. The summed E-state index contributed by atoms with van der Waals surface area (Å²) in [7, 11) is 1.39. The third-order valence-corrected chi connectivity index (χ3v) is 3.14. The number of hydrogen-bond acceptors (Lipinski definition) is 3. The summed E-state index contributed by atoms with van der Waals surface area (Å²) in [6, 6.07) is 4.10. The molecule has 1 aromatic carbocycles. The minimum absolute atomic E-state index is 0.293. The van der Waals surface area contributed by atoms with Crippen LogP contribution in [0.4, 0.5) is 5.69 Å². The van der Waals surface area contributed by atoms with Gasteiger partial charge in [0.25, 0.3) is 0 Å². The second kappa shape index (κ2) is 3.85. The fourth-order valence-electron chi connectivity index (χ4n) is 1.85. The Labute approximate surface area is 96.9 Å². The molecule has 0 fully saturated rings. The molecule has 0 bridgehead atoms. The van der Waals surface area contributed by atoms with E-state index in [2.05, 4.69) is 28.2 Å². The van der Waals surface area contributed by atoms with E-state index in [1.807, 2.05) is 6.07 Å². The number of nitrogens with one attached hydrogen (secondary N) is 1. The van der Waals surface area contributed by atoms with Gasteiger partial charge < -0.3 is 10.1 Å². The van der Waals surface area contributed by atoms with E-state index in [-0.39, 0.29) is 5.97 Å². The van der Waals surface area contributed by atoms with Gasteiger partial charge in [0.05, 0.1) is 18.4 Å². The van der Waals surface area contributed by atoms with Crippen molar-refractivity contribution in [2.24, 2.45) is 0 Å². The van der Waals surface area contributed by atoms with E-state index < -0.39 is 0 Å². The number of benzene rings is 1. The monoisotopic (exact) mass is 269 g/mol. The first-order valence-corrected chi connectivity index (χ1v) is 5.58. The van der Waals surface area contributed by atoms with Gasteiger partial charge >= 0.3 is 5.97 Å². The number of rotatable bonds is 1. The van der Waals surface area contributed by atoms with E-state index in [0.29, 0.717) is 11.6 Å². The first kappa shape index (κ1) is 10.5. The van der Waals surface area contributed by atoms with Crippen LogP contribution >= 0.6 is 15.9 Å². The molecule has 1 aliphatic rings. The average molecular weight is 270 g/mol. The van der Waals surface area contributed by atoms with Crippen LogP contribution in [0.1, 0.15) is 22.8 Å². The third kappa shape index (κ3) is 1.86. The van der Waals surface area contributed by atoms with Crippen LogP contribution in [0.2, 0.25) is 0 Å². The van der Waals surface area contributed by atoms with Crippen molar-refractivity contribution in [3.05, 3.63) is 27.7 Å². The van der Waals surface area contributed by atoms with Crippen molar-refractivity contribution in [3.8, 4) is 0 Å². The maximum atomic E-state index is 11.4. The Balaban J connectivity index is 2.44. The number of methoxy groups -OCH3 is 1. The number of anilines is 1. The number of fused-ring (bicyclic) bond motifs is 1. The van der Waals surface area contributed by atoms with E-state index >= 15 is 0 Å². The maximum absolute atomic E-state index is 11.4. The molecule has 15 heavy (non-hydrogen) atoms. The summed E-state index contributed by atoms with van der Waals surface area (Å²) < 4.78 is 5.62. The maximum Gasteiger partial charge on any atom is 0.337 e. The molecule has 1 aromatic rings. The topological polar surface area (TPSA) is 38.3 Å². The molecule has 0 aliphatic carbocycles. The number of hydrogen-bond donors (Lipinski definition) is 1. The predicted octanol–water partition coefficient (Wildman–Crippen LogP) is 2.59. The van der Waals surface area contributed by atoms with Crippen LogP contribution < -0.4 is 5.32 Å². The van der Waals surface area contributed by atoms with Gasteiger partial charge in [0.1, 0.15) is 0 Å². The molecule has 4 heteroatoms. The highest BCUT2D eigenvalue weighted by molar-refractivity contribution is 9.10. The predicted molar refractivity (Wildman–Crippen MR) is 62.3 cm³/mol. The molecule has 1 heterocycles. The molecule has 0 amide bonds. The zero-order valence-corrected chi connectivity index (χ0v) is 10.2. The van der Waals surface area contributed by atoms with Gasteiger partial charge in [-0.15, -0.1) is 0 Å². The molecule has 0 spiro atoms. The lowest BCUT2D eigenvalue weighted by Crippen LogP contribution is -2.08. The van der Waals surface area contributed by atoms with Crippen LogP contribution in [0, 0.1) is 0 Å². The fraction of sp³-hybridized carbons (Fsp3) is 0.364. The van der Waals surface area contributed by atoms with Crippen LogP contribution in [0.15, 0.2) is 16.6 Å². The van der Waals surface area contributed by atoms with Gasteiger partial charge in [0.2, 0.25) is 0 Å². The number of esters is 1. The average Bonchev–Trinajstić information content (AvgIpc) is 2.58. The first-order valence-electron chi connectivity index (χ1n) is 4.79. The van der Waals surface area contributed by atoms with Crippen LogP contribution in [0.3, 0.4) is 0 Å². The number of halogens is 1. The van der Waals surface area contributed by atoms with Crippen LogP contribution in [0.25, 0.3) is 0 Å². The Morgan fingerprint density at radius 3 is 3.00 bits per heavy atom. The van der Waals surface area contributed by atoms with E-state index in [1.54, 1.807) is 6.07 Å². The van der Waals surface area contributed by atoms with Gasteiger partial charge in [-0.1, -0.05) is 0 Å². The normalized spacial score (nSPS) is 18.2. The number of carbonyl (C=O) groups excluding carboxylic acids is 1. The minimum atomic E-state index is -0.293. The summed E-state index contributed by atoms with van der Waals surface area (Å²) in [6.45, 7) is 2.12. The lowest BCUT2D eigenvalue weighted by molar-refractivity contribution is 0.0600. The summed E-state index contributed by atoms with van der Waals surface area (Å²) in [6.07, 6.45) is 0.943. The van der Waals surface area contributed by atoms with Gasteiger partial charge in [0, 0.05) is 10.5 Å². The van der Waals surface area contributed by atoms with Gasteiger partial charge in [0.15, 0.2) is 0 Å². The molecule has 0 aromatic heterocycles. The molecular weight excluding hydrogens is 258 g/mol. The van der Waals surface area contributed by atoms with Crippen LogP contribution in [-0.4, -0.2) is 19.1 Å². The van der Waals surface area contributed by atoms with Crippen molar-refractivity contribution >= 4 is 27.6 Å². The summed E-state index contributed by atoms with van der Waals surface area (Å²) >= 11 is 3.45. The highest BCUT2D eigenvalue weighted by Crippen LogP contribution is 2.34. The zero-order chi connectivity index (χ0) is 11.0. The van der Waals surface area contributed by atoms with Crippen molar-refractivity contribution in [2.45, 2.75) is 19.4 Å². The molecule has 3 nitrogen and oxygen atoms in total. The Bertz CT molecular complexity index is 417. The van der Waals surface area contributed by atoms with E-state index in [1.165, 1.54) is 7.11 Å². The largest absolute Gasteiger partial charge is 0.465 e. The second-order valence-corrected chi connectivity index (χ2v) is 4.59. The van der Waals surface area contributed by atoms with Crippen molar-refractivity contribution in [2.75, 3.05) is 12.4 Å². The molecule has 0 unspecified atom stereocenters. The summed E-state index contributed by atoms with van der Waals surface area (Å²) in [5.74, 6) is -0.293. The summed E-state index contributed by atoms with van der Waals surface area (Å²) in [5.41, 5.74) is 2.85. The smallest absolute Gasteiger partial charge is 0.337 e.